The van der Waals surface area contributed by atoms with Crippen LogP contribution in [0.2, 0.25) is 0 Å². The molecule has 2 N–H and O–H groups in total. The molecule has 1 aromatic carbocycles. The quantitative estimate of drug-likeness (QED) is 0.788. The number of methoxy groups -OCH3 is 1. The summed E-state index contributed by atoms with van der Waals surface area (Å²) in [4.78, 5) is 23.0. The molecular formula is C14H16N2O5. The molecule has 0 saturated carbocycles. The van der Waals surface area contributed by atoms with Crippen molar-refractivity contribution in [3.63, 3.8) is 0 Å². The van der Waals surface area contributed by atoms with Gasteiger partial charge in [0.15, 0.2) is 5.58 Å². The molecule has 0 saturated heterocycles. The van der Waals surface area contributed by atoms with E-state index in [-0.39, 0.29) is 19.4 Å². The Balaban J connectivity index is 2.02. The molecule has 0 radical (unpaired) electrons. The number of carboxylic acids is 1. The lowest BCUT2D eigenvalue weighted by molar-refractivity contribution is -0.142. The molecular weight excluding hydrogens is 276 g/mol. The Morgan fingerprint density at radius 2 is 2.19 bits per heavy atom. The van der Waals surface area contributed by atoms with Crippen molar-refractivity contribution in [1.29, 1.82) is 0 Å². The summed E-state index contributed by atoms with van der Waals surface area (Å²) in [5, 5.41) is 16.1. The lowest BCUT2D eigenvalue weighted by Gasteiger charge is -2.13. The van der Waals surface area contributed by atoms with E-state index >= 15 is 0 Å². The number of hydrogen-bond donors (Lipinski definition) is 2. The van der Waals surface area contributed by atoms with Gasteiger partial charge in [-0.2, -0.15) is 0 Å². The van der Waals surface area contributed by atoms with Crippen LogP contribution in [0.15, 0.2) is 28.8 Å². The summed E-state index contributed by atoms with van der Waals surface area (Å²) in [5.41, 5.74) is 1.08. The van der Waals surface area contributed by atoms with Gasteiger partial charge in [0.2, 0.25) is 5.91 Å². The normalized spacial score (nSPS) is 12.2. The lowest BCUT2D eigenvalue weighted by Crippen LogP contribution is -2.42. The van der Waals surface area contributed by atoms with Crippen molar-refractivity contribution >= 4 is 22.8 Å². The predicted octanol–water partition coefficient (Wildman–Crippen LogP) is 0.976. The smallest absolute Gasteiger partial charge is 0.326 e. The molecule has 21 heavy (non-hydrogen) atoms. The molecule has 7 nitrogen and oxygen atoms in total. The van der Waals surface area contributed by atoms with Crippen molar-refractivity contribution in [3.05, 3.63) is 30.0 Å². The topological polar surface area (TPSA) is 102 Å². The van der Waals surface area contributed by atoms with Gasteiger partial charge in [-0.15, -0.1) is 0 Å². The van der Waals surface area contributed by atoms with Gasteiger partial charge in [-0.25, -0.2) is 4.79 Å². The number of rotatable bonds is 7. The number of carbonyl (C=O) groups excluding carboxylic acids is 1. The first-order valence-electron chi connectivity index (χ1n) is 6.46. The minimum atomic E-state index is -1.09. The lowest BCUT2D eigenvalue weighted by atomic mass is 10.1. The first-order chi connectivity index (χ1) is 10.1. The highest BCUT2D eigenvalue weighted by Gasteiger charge is 2.21. The molecule has 0 bridgehead atoms. The average molecular weight is 292 g/mol. The van der Waals surface area contributed by atoms with Crippen LogP contribution in [0.4, 0.5) is 0 Å². The van der Waals surface area contributed by atoms with E-state index in [0.717, 1.165) is 5.39 Å². The average Bonchev–Trinajstić information content (AvgIpc) is 2.86. The Kier molecular flexibility index (Phi) is 4.89. The number of ether oxygens (including phenoxy) is 1. The highest BCUT2D eigenvalue weighted by atomic mass is 16.5. The Hall–Kier alpha value is -2.41. The summed E-state index contributed by atoms with van der Waals surface area (Å²) in [7, 11) is 1.47. The third-order valence-electron chi connectivity index (χ3n) is 3.02. The molecule has 2 aromatic rings. The number of amides is 1. The van der Waals surface area contributed by atoms with E-state index in [4.69, 9.17) is 14.4 Å². The summed E-state index contributed by atoms with van der Waals surface area (Å²) in [6.07, 6.45) is 0.172. The van der Waals surface area contributed by atoms with Gasteiger partial charge in [-0.05, 0) is 12.1 Å². The van der Waals surface area contributed by atoms with Gasteiger partial charge in [0.1, 0.15) is 11.7 Å². The van der Waals surface area contributed by atoms with Crippen LogP contribution in [0, 0.1) is 0 Å². The molecule has 0 fully saturated rings. The number of carboxylic acid groups (broad SMARTS) is 1. The van der Waals surface area contributed by atoms with Crippen LogP contribution in [0.5, 0.6) is 0 Å². The van der Waals surface area contributed by atoms with E-state index in [2.05, 4.69) is 10.5 Å². The van der Waals surface area contributed by atoms with Gasteiger partial charge >= 0.3 is 5.97 Å². The first-order valence-corrected chi connectivity index (χ1v) is 6.46. The summed E-state index contributed by atoms with van der Waals surface area (Å²) in [6.45, 7) is 0.254. The van der Waals surface area contributed by atoms with E-state index in [1.165, 1.54) is 7.11 Å². The molecule has 1 atom stereocenters. The maximum absolute atomic E-state index is 11.9. The second-order valence-electron chi connectivity index (χ2n) is 4.54. The van der Waals surface area contributed by atoms with Gasteiger partial charge in [0, 0.05) is 25.5 Å². The van der Waals surface area contributed by atoms with Crippen LogP contribution < -0.4 is 5.32 Å². The minimum Gasteiger partial charge on any atom is -0.480 e. The Labute approximate surface area is 120 Å². The van der Waals surface area contributed by atoms with Crippen LogP contribution in [-0.4, -0.2) is 41.9 Å². The van der Waals surface area contributed by atoms with Gasteiger partial charge in [0.05, 0.1) is 6.42 Å². The molecule has 2 rings (SSSR count). The second-order valence-corrected chi connectivity index (χ2v) is 4.54. The maximum atomic E-state index is 11.9. The van der Waals surface area contributed by atoms with Gasteiger partial charge < -0.3 is 19.7 Å². The molecule has 0 spiro atoms. The van der Waals surface area contributed by atoms with Crippen LogP contribution in [0.25, 0.3) is 11.0 Å². The summed E-state index contributed by atoms with van der Waals surface area (Å²) >= 11 is 0. The van der Waals surface area contributed by atoms with E-state index in [0.29, 0.717) is 11.3 Å². The van der Waals surface area contributed by atoms with Crippen molar-refractivity contribution in [2.45, 2.75) is 18.9 Å². The SMILES string of the molecule is COCCC(NC(=O)Cc1noc2ccccc12)C(=O)O. The minimum absolute atomic E-state index is 0.0340. The number of aliphatic carboxylic acids is 1. The molecule has 0 aliphatic carbocycles. The number of aromatic nitrogens is 1. The zero-order chi connectivity index (χ0) is 15.2. The third kappa shape index (κ3) is 3.79. The molecule has 112 valence electrons. The fourth-order valence-corrected chi connectivity index (χ4v) is 1.96. The van der Waals surface area contributed by atoms with Crippen molar-refractivity contribution in [3.8, 4) is 0 Å². The van der Waals surface area contributed by atoms with Crippen LogP contribution >= 0.6 is 0 Å². The molecule has 1 amide bonds. The number of nitrogens with one attached hydrogen (secondary N) is 1. The number of fused-ring (bicyclic) bond motifs is 1. The van der Waals surface area contributed by atoms with Crippen molar-refractivity contribution in [2.75, 3.05) is 13.7 Å². The molecule has 0 aliphatic rings. The predicted molar refractivity (Wildman–Crippen MR) is 73.8 cm³/mol. The zero-order valence-corrected chi connectivity index (χ0v) is 11.5. The summed E-state index contributed by atoms with van der Waals surface area (Å²) in [5.74, 6) is -1.51. The standard InChI is InChI=1S/C14H16N2O5/c1-20-7-6-10(14(18)19)15-13(17)8-11-9-4-2-3-5-12(9)21-16-11/h2-5,10H,6-8H2,1H3,(H,15,17)(H,18,19). The van der Waals surface area contributed by atoms with E-state index in [9.17, 15) is 9.59 Å². The zero-order valence-electron chi connectivity index (χ0n) is 11.5. The van der Waals surface area contributed by atoms with Gasteiger partial charge in [0.25, 0.3) is 0 Å². The second kappa shape index (κ2) is 6.85. The highest BCUT2D eigenvalue weighted by Crippen LogP contribution is 2.18. The highest BCUT2D eigenvalue weighted by molar-refractivity contribution is 5.88. The van der Waals surface area contributed by atoms with Crippen molar-refractivity contribution in [2.24, 2.45) is 0 Å². The van der Waals surface area contributed by atoms with Crippen LogP contribution in [0.1, 0.15) is 12.1 Å². The van der Waals surface area contributed by atoms with Gasteiger partial charge in [-0.1, -0.05) is 17.3 Å². The number of para-hydroxylation sites is 1. The first kappa shape index (κ1) is 15.0. The monoisotopic (exact) mass is 292 g/mol. The maximum Gasteiger partial charge on any atom is 0.326 e. The van der Waals surface area contributed by atoms with E-state index in [1.54, 1.807) is 12.1 Å². The number of hydrogen-bond acceptors (Lipinski definition) is 5. The number of nitrogens with zero attached hydrogens (tertiary/aromatic N) is 1. The number of carbonyl (C=O) groups is 2. The Morgan fingerprint density at radius 3 is 2.90 bits per heavy atom. The molecule has 1 aromatic heterocycles. The Bertz CT molecular complexity index is 637. The summed E-state index contributed by atoms with van der Waals surface area (Å²) in [6, 6.07) is 6.20. The van der Waals surface area contributed by atoms with Crippen molar-refractivity contribution < 1.29 is 24.0 Å². The summed E-state index contributed by atoms with van der Waals surface area (Å²) < 4.78 is 9.93. The third-order valence-corrected chi connectivity index (χ3v) is 3.02. The molecule has 1 heterocycles. The Morgan fingerprint density at radius 1 is 1.43 bits per heavy atom. The number of benzene rings is 1. The van der Waals surface area contributed by atoms with Crippen LogP contribution in [0.3, 0.4) is 0 Å². The fourth-order valence-electron chi connectivity index (χ4n) is 1.96. The van der Waals surface area contributed by atoms with E-state index in [1.807, 2.05) is 12.1 Å². The molecule has 7 heteroatoms. The van der Waals surface area contributed by atoms with Crippen molar-refractivity contribution in [1.82, 2.24) is 10.5 Å². The van der Waals surface area contributed by atoms with Gasteiger partial charge in [-0.3, -0.25) is 4.79 Å². The van der Waals surface area contributed by atoms with Crippen LogP contribution in [-0.2, 0) is 20.7 Å². The fraction of sp³-hybridized carbons (Fsp3) is 0.357. The largest absolute Gasteiger partial charge is 0.480 e. The molecule has 1 unspecified atom stereocenters. The van der Waals surface area contributed by atoms with E-state index < -0.39 is 17.9 Å². The molecule has 0 aliphatic heterocycles.